The molecule has 1 aromatic heterocycles. The highest BCUT2D eigenvalue weighted by atomic mass is 32.2. The van der Waals surface area contributed by atoms with Crippen LogP contribution in [0.15, 0.2) is 59.8 Å². The molecule has 4 nitrogen and oxygen atoms in total. The lowest BCUT2D eigenvalue weighted by molar-refractivity contribution is 1.09. The number of aromatic nitrogens is 3. The second-order valence-corrected chi connectivity index (χ2v) is 5.50. The first-order valence-corrected chi connectivity index (χ1v) is 7.90. The zero-order valence-corrected chi connectivity index (χ0v) is 12.5. The summed E-state index contributed by atoms with van der Waals surface area (Å²) in [5.74, 6) is 0.781. The SMILES string of the molecule is CSc1ccc(CNc2cccc(-c3ncn[nH]3)c2)cc1. The number of benzene rings is 2. The average Bonchev–Trinajstić information content (AvgIpc) is 3.08. The predicted molar refractivity (Wildman–Crippen MR) is 87.4 cm³/mol. The minimum atomic E-state index is 0.781. The van der Waals surface area contributed by atoms with Crippen molar-refractivity contribution < 1.29 is 0 Å². The van der Waals surface area contributed by atoms with Crippen LogP contribution in [-0.2, 0) is 6.54 Å². The van der Waals surface area contributed by atoms with Crippen molar-refractivity contribution in [1.29, 1.82) is 0 Å². The van der Waals surface area contributed by atoms with Crippen molar-refractivity contribution in [3.8, 4) is 11.4 Å². The van der Waals surface area contributed by atoms with E-state index in [1.54, 1.807) is 11.8 Å². The summed E-state index contributed by atoms with van der Waals surface area (Å²) in [6.07, 6.45) is 3.60. The molecule has 0 atom stereocenters. The number of H-pyrrole nitrogens is 1. The van der Waals surface area contributed by atoms with Crippen LogP contribution in [0.2, 0.25) is 0 Å². The summed E-state index contributed by atoms with van der Waals surface area (Å²) in [5.41, 5.74) is 3.35. The van der Waals surface area contributed by atoms with E-state index in [4.69, 9.17) is 0 Å². The van der Waals surface area contributed by atoms with Gasteiger partial charge in [-0.25, -0.2) is 4.98 Å². The van der Waals surface area contributed by atoms with Crippen molar-refractivity contribution in [2.45, 2.75) is 11.4 Å². The van der Waals surface area contributed by atoms with Gasteiger partial charge in [-0.3, -0.25) is 5.10 Å². The minimum absolute atomic E-state index is 0.781. The number of thioether (sulfide) groups is 1. The molecule has 0 bridgehead atoms. The van der Waals surface area contributed by atoms with Crippen molar-refractivity contribution in [3.63, 3.8) is 0 Å². The number of rotatable bonds is 5. The third kappa shape index (κ3) is 3.44. The molecule has 0 aliphatic rings. The Hall–Kier alpha value is -2.27. The Balaban J connectivity index is 1.68. The third-order valence-electron chi connectivity index (χ3n) is 3.21. The molecule has 2 aromatic carbocycles. The predicted octanol–water partition coefficient (Wildman–Crippen LogP) is 3.81. The second-order valence-electron chi connectivity index (χ2n) is 4.62. The first kappa shape index (κ1) is 13.7. The lowest BCUT2D eigenvalue weighted by atomic mass is 10.1. The number of nitrogens with zero attached hydrogens (tertiary/aromatic N) is 2. The van der Waals surface area contributed by atoms with Crippen LogP contribution < -0.4 is 5.32 Å². The molecule has 3 rings (SSSR count). The highest BCUT2D eigenvalue weighted by Gasteiger charge is 2.01. The molecule has 0 saturated carbocycles. The fourth-order valence-electron chi connectivity index (χ4n) is 2.07. The second kappa shape index (κ2) is 6.45. The summed E-state index contributed by atoms with van der Waals surface area (Å²) < 4.78 is 0. The fourth-order valence-corrected chi connectivity index (χ4v) is 2.48. The molecule has 0 saturated heterocycles. The van der Waals surface area contributed by atoms with E-state index in [1.165, 1.54) is 16.8 Å². The van der Waals surface area contributed by atoms with E-state index in [2.05, 4.69) is 63.2 Å². The topological polar surface area (TPSA) is 53.6 Å². The van der Waals surface area contributed by atoms with Gasteiger partial charge < -0.3 is 5.32 Å². The Labute approximate surface area is 128 Å². The summed E-state index contributed by atoms with van der Waals surface area (Å²) in [4.78, 5) is 5.45. The van der Waals surface area contributed by atoms with Crippen LogP contribution in [0, 0.1) is 0 Å². The Kier molecular flexibility index (Phi) is 4.21. The molecular weight excluding hydrogens is 280 g/mol. The zero-order valence-electron chi connectivity index (χ0n) is 11.7. The molecule has 0 aliphatic heterocycles. The van der Waals surface area contributed by atoms with E-state index in [0.29, 0.717) is 0 Å². The molecule has 106 valence electrons. The van der Waals surface area contributed by atoms with Crippen LogP contribution in [0.4, 0.5) is 5.69 Å². The Bertz CT molecular complexity index is 693. The van der Waals surface area contributed by atoms with Gasteiger partial charge in [-0.1, -0.05) is 24.3 Å². The standard InChI is InChI=1S/C16H16N4S/c1-21-15-7-5-12(6-8-15)10-17-14-4-2-3-13(9-14)16-18-11-19-20-16/h2-9,11,17H,10H2,1H3,(H,18,19,20). The number of hydrogen-bond donors (Lipinski definition) is 2. The number of hydrogen-bond acceptors (Lipinski definition) is 4. The molecule has 2 N–H and O–H groups in total. The third-order valence-corrected chi connectivity index (χ3v) is 3.95. The van der Waals surface area contributed by atoms with Gasteiger partial charge in [0.05, 0.1) is 0 Å². The van der Waals surface area contributed by atoms with E-state index in [1.807, 2.05) is 12.1 Å². The first-order valence-electron chi connectivity index (χ1n) is 6.68. The maximum Gasteiger partial charge on any atom is 0.155 e. The molecule has 3 aromatic rings. The molecule has 0 amide bonds. The quantitative estimate of drug-likeness (QED) is 0.703. The Morgan fingerprint density at radius 1 is 1.14 bits per heavy atom. The molecule has 1 heterocycles. The first-order chi connectivity index (χ1) is 10.3. The van der Waals surface area contributed by atoms with E-state index in [9.17, 15) is 0 Å². The smallest absolute Gasteiger partial charge is 0.155 e. The van der Waals surface area contributed by atoms with Gasteiger partial charge in [0.25, 0.3) is 0 Å². The van der Waals surface area contributed by atoms with Gasteiger partial charge in [0, 0.05) is 22.7 Å². The van der Waals surface area contributed by atoms with Crippen molar-refractivity contribution in [1.82, 2.24) is 15.2 Å². The van der Waals surface area contributed by atoms with Gasteiger partial charge in [0.1, 0.15) is 6.33 Å². The van der Waals surface area contributed by atoms with E-state index < -0.39 is 0 Å². The van der Waals surface area contributed by atoms with Gasteiger partial charge in [0.15, 0.2) is 5.82 Å². The maximum atomic E-state index is 4.17. The van der Waals surface area contributed by atoms with Gasteiger partial charge in [-0.2, -0.15) is 5.10 Å². The molecule has 21 heavy (non-hydrogen) atoms. The summed E-state index contributed by atoms with van der Waals surface area (Å²) >= 11 is 1.76. The van der Waals surface area contributed by atoms with Crippen molar-refractivity contribution in [2.24, 2.45) is 0 Å². The van der Waals surface area contributed by atoms with Crippen LogP contribution in [0.5, 0.6) is 0 Å². The van der Waals surface area contributed by atoms with Crippen LogP contribution in [0.1, 0.15) is 5.56 Å². The summed E-state index contributed by atoms with van der Waals surface area (Å²) in [6, 6.07) is 16.7. The van der Waals surface area contributed by atoms with Crippen LogP contribution >= 0.6 is 11.8 Å². The molecule has 0 aliphatic carbocycles. The minimum Gasteiger partial charge on any atom is -0.381 e. The highest BCUT2D eigenvalue weighted by molar-refractivity contribution is 7.98. The van der Waals surface area contributed by atoms with Gasteiger partial charge in [-0.15, -0.1) is 11.8 Å². The van der Waals surface area contributed by atoms with Crippen LogP contribution in [0.3, 0.4) is 0 Å². The van der Waals surface area contributed by atoms with E-state index in [0.717, 1.165) is 23.6 Å². The van der Waals surface area contributed by atoms with Crippen molar-refractivity contribution in [2.75, 3.05) is 11.6 Å². The summed E-state index contributed by atoms with van der Waals surface area (Å²) in [6.45, 7) is 0.800. The average molecular weight is 296 g/mol. The van der Waals surface area contributed by atoms with E-state index in [-0.39, 0.29) is 0 Å². The Morgan fingerprint density at radius 3 is 2.71 bits per heavy atom. The van der Waals surface area contributed by atoms with Crippen molar-refractivity contribution >= 4 is 17.4 Å². The molecule has 0 fully saturated rings. The van der Waals surface area contributed by atoms with Crippen LogP contribution in [-0.4, -0.2) is 21.4 Å². The summed E-state index contributed by atoms with van der Waals surface area (Å²) in [5, 5.41) is 10.2. The molecule has 0 spiro atoms. The molecule has 5 heteroatoms. The van der Waals surface area contributed by atoms with Gasteiger partial charge >= 0.3 is 0 Å². The maximum absolute atomic E-state index is 4.17. The fraction of sp³-hybridized carbons (Fsp3) is 0.125. The molecule has 0 radical (unpaired) electrons. The molecular formula is C16H16N4S. The molecule has 0 unspecified atom stereocenters. The zero-order chi connectivity index (χ0) is 14.5. The number of anilines is 1. The normalized spacial score (nSPS) is 10.5. The number of aromatic amines is 1. The monoisotopic (exact) mass is 296 g/mol. The van der Waals surface area contributed by atoms with Crippen LogP contribution in [0.25, 0.3) is 11.4 Å². The lowest BCUT2D eigenvalue weighted by Crippen LogP contribution is -1.99. The lowest BCUT2D eigenvalue weighted by Gasteiger charge is -2.08. The highest BCUT2D eigenvalue weighted by Crippen LogP contribution is 2.20. The Morgan fingerprint density at radius 2 is 2.00 bits per heavy atom. The van der Waals surface area contributed by atoms with Gasteiger partial charge in [0.2, 0.25) is 0 Å². The largest absolute Gasteiger partial charge is 0.381 e. The number of nitrogens with one attached hydrogen (secondary N) is 2. The van der Waals surface area contributed by atoms with Crippen molar-refractivity contribution in [3.05, 3.63) is 60.4 Å². The van der Waals surface area contributed by atoms with E-state index >= 15 is 0 Å². The van der Waals surface area contributed by atoms with Gasteiger partial charge in [-0.05, 0) is 36.1 Å². The summed E-state index contributed by atoms with van der Waals surface area (Å²) in [7, 11) is 0.